The molecule has 0 aliphatic carbocycles. The van der Waals surface area contributed by atoms with Crippen LogP contribution in [0.25, 0.3) is 0 Å². The van der Waals surface area contributed by atoms with Crippen molar-refractivity contribution in [2.75, 3.05) is 13.2 Å². The topological polar surface area (TPSA) is 57.4 Å². The zero-order valence-corrected chi connectivity index (χ0v) is 12.7. The molecule has 1 aromatic carbocycles. The van der Waals surface area contributed by atoms with Crippen molar-refractivity contribution in [1.29, 1.82) is 0 Å². The van der Waals surface area contributed by atoms with Gasteiger partial charge >= 0.3 is 0 Å². The van der Waals surface area contributed by atoms with Gasteiger partial charge < -0.3 is 15.2 Å². The SMILES string of the molecule is CC(N)c1ccc(Sc2ccc3c(c2)OCCCO3)cn1. The van der Waals surface area contributed by atoms with Crippen LogP contribution >= 0.6 is 11.8 Å². The third-order valence-corrected chi connectivity index (χ3v) is 4.15. The van der Waals surface area contributed by atoms with Gasteiger partial charge in [-0.15, -0.1) is 0 Å². The van der Waals surface area contributed by atoms with Crippen LogP contribution in [0.2, 0.25) is 0 Å². The predicted octanol–water partition coefficient (Wildman–Crippen LogP) is 3.41. The second kappa shape index (κ2) is 6.37. The molecule has 0 saturated carbocycles. The number of hydrogen-bond acceptors (Lipinski definition) is 5. The van der Waals surface area contributed by atoms with Crippen LogP contribution < -0.4 is 15.2 Å². The Labute approximate surface area is 128 Å². The average Bonchev–Trinajstić information content (AvgIpc) is 2.72. The maximum absolute atomic E-state index is 5.81. The summed E-state index contributed by atoms with van der Waals surface area (Å²) in [5.41, 5.74) is 6.71. The van der Waals surface area contributed by atoms with Crippen LogP contribution in [0.3, 0.4) is 0 Å². The third-order valence-electron chi connectivity index (χ3n) is 3.18. The van der Waals surface area contributed by atoms with E-state index in [-0.39, 0.29) is 6.04 Å². The van der Waals surface area contributed by atoms with E-state index in [0.717, 1.165) is 33.4 Å². The quantitative estimate of drug-likeness (QED) is 0.941. The van der Waals surface area contributed by atoms with Gasteiger partial charge in [-0.2, -0.15) is 0 Å². The molecule has 0 saturated heterocycles. The standard InChI is InChI=1S/C16H18N2O2S/c1-11(17)14-5-3-13(10-18-14)21-12-4-6-15-16(9-12)20-8-2-7-19-15/h3-6,9-11H,2,7-8,17H2,1H3. The molecule has 1 aliphatic heterocycles. The van der Waals surface area contributed by atoms with Gasteiger partial charge in [0.15, 0.2) is 11.5 Å². The molecule has 2 N–H and O–H groups in total. The highest BCUT2D eigenvalue weighted by atomic mass is 32.2. The molecule has 3 rings (SSSR count). The summed E-state index contributed by atoms with van der Waals surface area (Å²) in [5, 5.41) is 0. The monoisotopic (exact) mass is 302 g/mol. The Hall–Kier alpha value is -1.72. The van der Waals surface area contributed by atoms with E-state index in [2.05, 4.69) is 4.98 Å². The first-order chi connectivity index (χ1) is 10.2. The number of nitrogens with zero attached hydrogens (tertiary/aromatic N) is 1. The summed E-state index contributed by atoms with van der Waals surface area (Å²) in [7, 11) is 0. The summed E-state index contributed by atoms with van der Waals surface area (Å²) in [4.78, 5) is 6.56. The highest BCUT2D eigenvalue weighted by Gasteiger charge is 2.11. The Morgan fingerprint density at radius 3 is 2.57 bits per heavy atom. The smallest absolute Gasteiger partial charge is 0.162 e. The van der Waals surface area contributed by atoms with Gasteiger partial charge in [0.2, 0.25) is 0 Å². The highest BCUT2D eigenvalue weighted by Crippen LogP contribution is 2.36. The van der Waals surface area contributed by atoms with Crippen LogP contribution in [-0.2, 0) is 0 Å². The minimum Gasteiger partial charge on any atom is -0.490 e. The Kier molecular flexibility index (Phi) is 4.31. The van der Waals surface area contributed by atoms with Crippen molar-refractivity contribution in [3.63, 3.8) is 0 Å². The largest absolute Gasteiger partial charge is 0.490 e. The Morgan fingerprint density at radius 1 is 1.10 bits per heavy atom. The van der Waals surface area contributed by atoms with Crippen LogP contribution in [-0.4, -0.2) is 18.2 Å². The lowest BCUT2D eigenvalue weighted by atomic mass is 10.2. The molecule has 110 valence electrons. The first kappa shape index (κ1) is 14.2. The second-order valence-corrected chi connectivity index (χ2v) is 6.12. The van der Waals surface area contributed by atoms with Gasteiger partial charge in [0.05, 0.1) is 18.9 Å². The number of aromatic nitrogens is 1. The van der Waals surface area contributed by atoms with Gasteiger partial charge in [0.25, 0.3) is 0 Å². The van der Waals surface area contributed by atoms with Gasteiger partial charge in [-0.25, -0.2) is 0 Å². The summed E-state index contributed by atoms with van der Waals surface area (Å²) in [6.45, 7) is 3.34. The van der Waals surface area contributed by atoms with Crippen molar-refractivity contribution in [2.45, 2.75) is 29.2 Å². The number of rotatable bonds is 3. The fourth-order valence-corrected chi connectivity index (χ4v) is 2.88. The van der Waals surface area contributed by atoms with Gasteiger partial charge in [0.1, 0.15) is 0 Å². The number of hydrogen-bond donors (Lipinski definition) is 1. The maximum Gasteiger partial charge on any atom is 0.162 e. The third kappa shape index (κ3) is 3.49. The van der Waals surface area contributed by atoms with Crippen molar-refractivity contribution in [3.8, 4) is 11.5 Å². The Morgan fingerprint density at radius 2 is 1.86 bits per heavy atom. The van der Waals surface area contributed by atoms with E-state index in [0.29, 0.717) is 13.2 Å². The number of nitrogens with two attached hydrogens (primary N) is 1. The lowest BCUT2D eigenvalue weighted by molar-refractivity contribution is 0.297. The summed E-state index contributed by atoms with van der Waals surface area (Å²) in [5.74, 6) is 1.64. The normalized spacial score (nSPS) is 15.3. The Bertz CT molecular complexity index is 614. The van der Waals surface area contributed by atoms with E-state index in [1.165, 1.54) is 0 Å². The van der Waals surface area contributed by atoms with E-state index in [1.54, 1.807) is 11.8 Å². The molecule has 0 radical (unpaired) electrons. The zero-order valence-electron chi connectivity index (χ0n) is 11.9. The maximum atomic E-state index is 5.81. The summed E-state index contributed by atoms with van der Waals surface area (Å²) in [6, 6.07) is 9.99. The fourth-order valence-electron chi connectivity index (χ4n) is 2.06. The molecule has 1 atom stereocenters. The van der Waals surface area contributed by atoms with E-state index in [9.17, 15) is 0 Å². The number of fused-ring (bicyclic) bond motifs is 1. The number of pyridine rings is 1. The molecule has 0 spiro atoms. The minimum absolute atomic E-state index is 0.0397. The molecule has 1 unspecified atom stereocenters. The van der Waals surface area contributed by atoms with Crippen molar-refractivity contribution < 1.29 is 9.47 Å². The van der Waals surface area contributed by atoms with Gasteiger partial charge in [-0.05, 0) is 37.3 Å². The predicted molar refractivity (Wildman–Crippen MR) is 83.0 cm³/mol. The summed E-state index contributed by atoms with van der Waals surface area (Å²) < 4.78 is 11.3. The number of benzene rings is 1. The van der Waals surface area contributed by atoms with Crippen LogP contribution in [0.1, 0.15) is 25.1 Å². The van der Waals surface area contributed by atoms with Gasteiger partial charge in [-0.1, -0.05) is 11.8 Å². The van der Waals surface area contributed by atoms with Crippen LogP contribution in [0.4, 0.5) is 0 Å². The highest BCUT2D eigenvalue weighted by molar-refractivity contribution is 7.99. The van der Waals surface area contributed by atoms with Crippen LogP contribution in [0.5, 0.6) is 11.5 Å². The fraction of sp³-hybridized carbons (Fsp3) is 0.312. The lowest BCUT2D eigenvalue weighted by Gasteiger charge is -2.09. The molecule has 2 heterocycles. The zero-order chi connectivity index (χ0) is 14.7. The molecule has 1 aliphatic rings. The second-order valence-electron chi connectivity index (χ2n) is 4.97. The minimum atomic E-state index is -0.0397. The summed E-state index contributed by atoms with van der Waals surface area (Å²) in [6.07, 6.45) is 2.77. The van der Waals surface area contributed by atoms with Gasteiger partial charge in [0, 0.05) is 28.5 Å². The number of ether oxygens (including phenoxy) is 2. The molecule has 5 heteroatoms. The van der Waals surface area contributed by atoms with Crippen molar-refractivity contribution in [1.82, 2.24) is 4.98 Å². The van der Waals surface area contributed by atoms with Crippen molar-refractivity contribution in [3.05, 3.63) is 42.2 Å². The molecule has 1 aromatic heterocycles. The van der Waals surface area contributed by atoms with Crippen LogP contribution in [0, 0.1) is 0 Å². The van der Waals surface area contributed by atoms with E-state index in [1.807, 2.05) is 43.5 Å². The van der Waals surface area contributed by atoms with Gasteiger partial charge in [-0.3, -0.25) is 4.98 Å². The van der Waals surface area contributed by atoms with E-state index >= 15 is 0 Å². The van der Waals surface area contributed by atoms with Crippen molar-refractivity contribution >= 4 is 11.8 Å². The molecular formula is C16H18N2O2S. The molecule has 21 heavy (non-hydrogen) atoms. The van der Waals surface area contributed by atoms with E-state index < -0.39 is 0 Å². The first-order valence-corrected chi connectivity index (χ1v) is 7.83. The summed E-state index contributed by atoms with van der Waals surface area (Å²) >= 11 is 1.65. The van der Waals surface area contributed by atoms with Crippen LogP contribution in [0.15, 0.2) is 46.3 Å². The van der Waals surface area contributed by atoms with E-state index in [4.69, 9.17) is 15.2 Å². The molecule has 0 bridgehead atoms. The average molecular weight is 302 g/mol. The molecule has 2 aromatic rings. The Balaban J connectivity index is 1.77. The molecular weight excluding hydrogens is 284 g/mol. The molecule has 4 nitrogen and oxygen atoms in total. The lowest BCUT2D eigenvalue weighted by Crippen LogP contribution is -2.06. The van der Waals surface area contributed by atoms with Crippen molar-refractivity contribution in [2.24, 2.45) is 5.73 Å². The molecule has 0 amide bonds. The first-order valence-electron chi connectivity index (χ1n) is 7.01. The molecule has 0 fully saturated rings.